The summed E-state index contributed by atoms with van der Waals surface area (Å²) in [5, 5.41) is 8.75. The third-order valence-corrected chi connectivity index (χ3v) is 3.70. The molecule has 3 nitrogen and oxygen atoms in total. The van der Waals surface area contributed by atoms with Crippen molar-refractivity contribution in [2.24, 2.45) is 5.92 Å². The van der Waals surface area contributed by atoms with Gasteiger partial charge >= 0.3 is 5.97 Å². The predicted molar refractivity (Wildman–Crippen MR) is 64.1 cm³/mol. The number of hydrogen-bond donors (Lipinski definition) is 1. The Labute approximate surface area is 102 Å². The molecule has 1 aromatic rings. The first-order valence-corrected chi connectivity index (χ1v) is 6.65. The number of hydrogen-bond acceptors (Lipinski definition) is 2. The summed E-state index contributed by atoms with van der Waals surface area (Å²) in [5.74, 6) is -1.26. The van der Waals surface area contributed by atoms with Gasteiger partial charge in [-0.25, -0.2) is 9.18 Å². The maximum Gasteiger partial charge on any atom is 0.338 e. The van der Waals surface area contributed by atoms with E-state index in [9.17, 15) is 13.4 Å². The van der Waals surface area contributed by atoms with E-state index < -0.39 is 28.1 Å². The van der Waals surface area contributed by atoms with Gasteiger partial charge in [0.05, 0.1) is 16.4 Å². The van der Waals surface area contributed by atoms with Gasteiger partial charge in [0.1, 0.15) is 5.82 Å². The molecule has 1 rings (SSSR count). The van der Waals surface area contributed by atoms with E-state index in [0.717, 1.165) is 18.6 Å². The molecule has 0 aromatic heterocycles. The molecule has 5 heteroatoms. The molecule has 0 aliphatic carbocycles. The van der Waals surface area contributed by atoms with Crippen LogP contribution in [-0.2, 0) is 10.8 Å². The quantitative estimate of drug-likeness (QED) is 0.883. The SMILES string of the molecule is CC(C)CCS(=O)c1ccc(F)c(C(=O)O)c1. The molecule has 1 aromatic carbocycles. The minimum absolute atomic E-state index is 0.365. The molecule has 0 radical (unpaired) electrons. The van der Waals surface area contributed by atoms with Crippen LogP contribution >= 0.6 is 0 Å². The maximum absolute atomic E-state index is 13.1. The minimum Gasteiger partial charge on any atom is -0.478 e. The van der Waals surface area contributed by atoms with Crippen LogP contribution in [0.3, 0.4) is 0 Å². The highest BCUT2D eigenvalue weighted by atomic mass is 32.2. The van der Waals surface area contributed by atoms with E-state index in [-0.39, 0.29) is 0 Å². The van der Waals surface area contributed by atoms with E-state index in [1.54, 1.807) is 0 Å². The molecule has 1 unspecified atom stereocenters. The zero-order valence-electron chi connectivity index (χ0n) is 9.77. The first kappa shape index (κ1) is 13.8. The van der Waals surface area contributed by atoms with Crippen molar-refractivity contribution in [2.45, 2.75) is 25.2 Å². The summed E-state index contributed by atoms with van der Waals surface area (Å²) < 4.78 is 24.9. The summed E-state index contributed by atoms with van der Waals surface area (Å²) in [4.78, 5) is 11.1. The highest BCUT2D eigenvalue weighted by Gasteiger charge is 2.13. The Morgan fingerprint density at radius 3 is 2.65 bits per heavy atom. The normalized spacial score (nSPS) is 12.7. The summed E-state index contributed by atoms with van der Waals surface area (Å²) in [7, 11) is -1.27. The summed E-state index contributed by atoms with van der Waals surface area (Å²) in [6.45, 7) is 4.04. The largest absolute Gasteiger partial charge is 0.478 e. The Morgan fingerprint density at radius 1 is 1.47 bits per heavy atom. The number of rotatable bonds is 5. The van der Waals surface area contributed by atoms with Gasteiger partial charge in [-0.1, -0.05) is 13.8 Å². The predicted octanol–water partition coefficient (Wildman–Crippen LogP) is 2.68. The second-order valence-electron chi connectivity index (χ2n) is 4.18. The number of carbonyl (C=O) groups is 1. The van der Waals surface area contributed by atoms with E-state index >= 15 is 0 Å². The van der Waals surface area contributed by atoms with Crippen LogP contribution in [0.1, 0.15) is 30.6 Å². The van der Waals surface area contributed by atoms with E-state index in [4.69, 9.17) is 5.11 Å². The molecule has 0 saturated carbocycles. The molecule has 0 aliphatic heterocycles. The Morgan fingerprint density at radius 2 is 2.12 bits per heavy atom. The lowest BCUT2D eigenvalue weighted by molar-refractivity contribution is 0.0691. The van der Waals surface area contributed by atoms with Crippen LogP contribution in [0.2, 0.25) is 0 Å². The summed E-state index contributed by atoms with van der Waals surface area (Å²) in [6.07, 6.45) is 0.784. The van der Waals surface area contributed by atoms with Crippen molar-refractivity contribution in [3.8, 4) is 0 Å². The molecule has 0 saturated heterocycles. The van der Waals surface area contributed by atoms with Crippen LogP contribution in [0, 0.1) is 11.7 Å². The fraction of sp³-hybridized carbons (Fsp3) is 0.417. The van der Waals surface area contributed by atoms with Crippen LogP contribution in [0.5, 0.6) is 0 Å². The molecule has 17 heavy (non-hydrogen) atoms. The Balaban J connectivity index is 2.88. The van der Waals surface area contributed by atoms with Crippen LogP contribution in [-0.4, -0.2) is 21.0 Å². The average Bonchev–Trinajstić information content (AvgIpc) is 2.26. The topological polar surface area (TPSA) is 54.4 Å². The molecular formula is C12H15FO3S. The number of carboxylic acid groups (broad SMARTS) is 1. The van der Waals surface area contributed by atoms with Gasteiger partial charge in [-0.05, 0) is 30.5 Å². The second kappa shape index (κ2) is 5.91. The number of benzene rings is 1. The van der Waals surface area contributed by atoms with Crippen molar-refractivity contribution >= 4 is 16.8 Å². The number of aromatic carboxylic acids is 1. The monoisotopic (exact) mass is 258 g/mol. The summed E-state index contributed by atoms with van der Waals surface area (Å²) >= 11 is 0. The van der Waals surface area contributed by atoms with Gasteiger partial charge in [-0.2, -0.15) is 0 Å². The van der Waals surface area contributed by atoms with Crippen LogP contribution in [0.15, 0.2) is 23.1 Å². The molecule has 94 valence electrons. The highest BCUT2D eigenvalue weighted by Crippen LogP contribution is 2.15. The van der Waals surface area contributed by atoms with E-state index in [0.29, 0.717) is 16.6 Å². The van der Waals surface area contributed by atoms with Gasteiger partial charge in [-0.3, -0.25) is 4.21 Å². The van der Waals surface area contributed by atoms with Crippen LogP contribution in [0.25, 0.3) is 0 Å². The third-order valence-electron chi connectivity index (χ3n) is 2.31. The van der Waals surface area contributed by atoms with Gasteiger partial charge in [0.2, 0.25) is 0 Å². The molecule has 1 N–H and O–H groups in total. The lowest BCUT2D eigenvalue weighted by atomic mass is 10.2. The van der Waals surface area contributed by atoms with E-state index in [1.807, 2.05) is 13.8 Å². The van der Waals surface area contributed by atoms with Crippen molar-refractivity contribution < 1.29 is 18.5 Å². The molecule has 0 heterocycles. The standard InChI is InChI=1S/C12H15FO3S/c1-8(2)5-6-17(16)9-3-4-11(13)10(7-9)12(14)15/h3-4,7-8H,5-6H2,1-2H3,(H,14,15). The zero-order valence-corrected chi connectivity index (χ0v) is 10.6. The fourth-order valence-electron chi connectivity index (χ4n) is 1.27. The minimum atomic E-state index is -1.34. The van der Waals surface area contributed by atoms with Gasteiger partial charge in [-0.15, -0.1) is 0 Å². The first-order valence-electron chi connectivity index (χ1n) is 5.33. The molecular weight excluding hydrogens is 243 g/mol. The fourth-order valence-corrected chi connectivity index (χ4v) is 2.66. The number of halogens is 1. The smallest absolute Gasteiger partial charge is 0.338 e. The molecule has 0 fully saturated rings. The molecule has 1 atom stereocenters. The molecule has 0 bridgehead atoms. The van der Waals surface area contributed by atoms with Crippen LogP contribution in [0.4, 0.5) is 4.39 Å². The van der Waals surface area contributed by atoms with Crippen molar-refractivity contribution in [1.29, 1.82) is 0 Å². The molecule has 0 aliphatic rings. The lowest BCUT2D eigenvalue weighted by Crippen LogP contribution is -2.05. The Bertz CT molecular complexity index is 443. The maximum atomic E-state index is 13.1. The van der Waals surface area contributed by atoms with Crippen molar-refractivity contribution in [2.75, 3.05) is 5.75 Å². The van der Waals surface area contributed by atoms with Gasteiger partial charge in [0.25, 0.3) is 0 Å². The second-order valence-corrected chi connectivity index (χ2v) is 5.75. The van der Waals surface area contributed by atoms with Crippen LogP contribution < -0.4 is 0 Å². The van der Waals surface area contributed by atoms with E-state index in [1.165, 1.54) is 6.07 Å². The third kappa shape index (κ3) is 3.93. The molecule has 0 spiro atoms. The van der Waals surface area contributed by atoms with Crippen molar-refractivity contribution in [3.63, 3.8) is 0 Å². The number of carboxylic acids is 1. The average molecular weight is 258 g/mol. The highest BCUT2D eigenvalue weighted by molar-refractivity contribution is 7.85. The van der Waals surface area contributed by atoms with Gasteiger partial charge in [0, 0.05) is 10.6 Å². The van der Waals surface area contributed by atoms with Gasteiger partial charge < -0.3 is 5.11 Å². The Hall–Kier alpha value is -1.23. The lowest BCUT2D eigenvalue weighted by Gasteiger charge is -2.06. The zero-order chi connectivity index (χ0) is 13.0. The van der Waals surface area contributed by atoms with Crippen molar-refractivity contribution in [3.05, 3.63) is 29.6 Å². The molecule has 0 amide bonds. The first-order chi connectivity index (χ1) is 7.91. The summed E-state index contributed by atoms with van der Waals surface area (Å²) in [6, 6.07) is 3.57. The summed E-state index contributed by atoms with van der Waals surface area (Å²) in [5.41, 5.74) is -0.430. The van der Waals surface area contributed by atoms with Crippen molar-refractivity contribution in [1.82, 2.24) is 0 Å². The van der Waals surface area contributed by atoms with Gasteiger partial charge in [0.15, 0.2) is 0 Å². The van der Waals surface area contributed by atoms with E-state index in [2.05, 4.69) is 0 Å². The Kier molecular flexibility index (Phi) is 4.81.